The van der Waals surface area contributed by atoms with Crippen molar-refractivity contribution in [1.82, 2.24) is 5.43 Å². The molecule has 0 aliphatic rings. The number of carbonyl (C=O) groups excluding carboxylic acids is 2. The lowest BCUT2D eigenvalue weighted by Crippen LogP contribution is -2.17. The molecule has 1 N–H and O–H groups in total. The maximum atomic E-state index is 12.7. The van der Waals surface area contributed by atoms with E-state index in [1.54, 1.807) is 42.5 Å². The van der Waals surface area contributed by atoms with Crippen LogP contribution in [0.5, 0.6) is 17.2 Å². The van der Waals surface area contributed by atoms with Gasteiger partial charge < -0.3 is 14.2 Å². The Morgan fingerprint density at radius 3 is 2.53 bits per heavy atom. The molecule has 1 aromatic heterocycles. The predicted octanol–water partition coefficient (Wildman–Crippen LogP) is 5.56. The molecular formula is C25H19ClN2O5S. The van der Waals surface area contributed by atoms with E-state index in [0.29, 0.717) is 38.3 Å². The highest BCUT2D eigenvalue weighted by Gasteiger charge is 2.19. The Morgan fingerprint density at radius 2 is 1.76 bits per heavy atom. The Bertz CT molecular complexity index is 1400. The Labute approximate surface area is 204 Å². The second-order valence-corrected chi connectivity index (χ2v) is 8.40. The maximum Gasteiger partial charge on any atom is 0.355 e. The van der Waals surface area contributed by atoms with Gasteiger partial charge in [0.15, 0.2) is 11.5 Å². The molecule has 0 bridgehead atoms. The van der Waals surface area contributed by atoms with Gasteiger partial charge in [0.1, 0.15) is 10.6 Å². The molecule has 7 nitrogen and oxygen atoms in total. The van der Waals surface area contributed by atoms with E-state index in [1.165, 1.54) is 31.8 Å². The summed E-state index contributed by atoms with van der Waals surface area (Å²) >= 11 is 7.65. The third kappa shape index (κ3) is 5.03. The lowest BCUT2D eigenvalue weighted by Gasteiger charge is -2.08. The Morgan fingerprint density at radius 1 is 0.971 bits per heavy atom. The lowest BCUT2D eigenvalue weighted by atomic mass is 10.2. The summed E-state index contributed by atoms with van der Waals surface area (Å²) in [7, 11) is 3.01. The van der Waals surface area contributed by atoms with Gasteiger partial charge in [-0.2, -0.15) is 5.10 Å². The van der Waals surface area contributed by atoms with E-state index in [1.807, 2.05) is 24.3 Å². The number of hydrogen-bond donors (Lipinski definition) is 1. The lowest BCUT2D eigenvalue weighted by molar-refractivity contribution is 0.0740. The van der Waals surface area contributed by atoms with Gasteiger partial charge in [-0.15, -0.1) is 11.3 Å². The number of fused-ring (bicyclic) bond motifs is 1. The number of thiophene rings is 1. The molecule has 4 rings (SSSR count). The van der Waals surface area contributed by atoms with Crippen molar-refractivity contribution in [3.8, 4) is 17.2 Å². The van der Waals surface area contributed by atoms with Gasteiger partial charge in [-0.3, -0.25) is 4.79 Å². The SMILES string of the molecule is COc1ccc(C(=O)NN=Cc2cccc(OC(=O)c3sc4ccccc4c3Cl)c2)cc1OC. The fraction of sp³-hybridized carbons (Fsp3) is 0.0800. The minimum absolute atomic E-state index is 0.327. The molecular weight excluding hydrogens is 476 g/mol. The number of methoxy groups -OCH3 is 2. The third-order valence-corrected chi connectivity index (χ3v) is 6.47. The van der Waals surface area contributed by atoms with Crippen LogP contribution >= 0.6 is 22.9 Å². The van der Waals surface area contributed by atoms with Crippen molar-refractivity contribution in [2.45, 2.75) is 0 Å². The van der Waals surface area contributed by atoms with Crippen LogP contribution < -0.4 is 19.6 Å². The van der Waals surface area contributed by atoms with Crippen molar-refractivity contribution in [2.24, 2.45) is 5.10 Å². The van der Waals surface area contributed by atoms with Gasteiger partial charge in [0.05, 0.1) is 25.5 Å². The standard InChI is InChI=1S/C25H19ClN2O5S/c1-31-19-11-10-16(13-20(19)32-2)24(29)28-27-14-15-6-5-7-17(12-15)33-25(30)23-22(26)18-8-3-4-9-21(18)34-23/h3-14H,1-2H3,(H,28,29). The number of hydrazone groups is 1. The van der Waals surface area contributed by atoms with Gasteiger partial charge in [-0.05, 0) is 42.0 Å². The summed E-state index contributed by atoms with van der Waals surface area (Å²) in [6.45, 7) is 0. The van der Waals surface area contributed by atoms with E-state index in [9.17, 15) is 9.59 Å². The molecule has 9 heteroatoms. The van der Waals surface area contributed by atoms with Crippen LogP contribution in [0.15, 0.2) is 71.8 Å². The molecule has 4 aromatic rings. The van der Waals surface area contributed by atoms with Crippen LogP contribution in [0.3, 0.4) is 0 Å². The topological polar surface area (TPSA) is 86.2 Å². The zero-order chi connectivity index (χ0) is 24.1. The molecule has 0 spiro atoms. The fourth-order valence-electron chi connectivity index (χ4n) is 3.16. The number of rotatable bonds is 7. The number of carbonyl (C=O) groups is 2. The van der Waals surface area contributed by atoms with Crippen LogP contribution in [0.4, 0.5) is 0 Å². The van der Waals surface area contributed by atoms with Crippen LogP contribution in [0.1, 0.15) is 25.6 Å². The van der Waals surface area contributed by atoms with Crippen molar-refractivity contribution in [2.75, 3.05) is 14.2 Å². The molecule has 0 unspecified atom stereocenters. The number of amides is 1. The molecule has 0 saturated heterocycles. The third-order valence-electron chi connectivity index (χ3n) is 4.81. The Kier molecular flexibility index (Phi) is 7.10. The Hall–Kier alpha value is -3.88. The predicted molar refractivity (Wildman–Crippen MR) is 133 cm³/mol. The number of halogens is 1. The maximum absolute atomic E-state index is 12.7. The summed E-state index contributed by atoms with van der Waals surface area (Å²) in [6, 6.07) is 19.1. The summed E-state index contributed by atoms with van der Waals surface area (Å²) in [6.07, 6.45) is 1.45. The molecule has 0 aliphatic heterocycles. The number of benzene rings is 3. The van der Waals surface area contributed by atoms with Crippen LogP contribution in [0, 0.1) is 0 Å². The number of esters is 1. The summed E-state index contributed by atoms with van der Waals surface area (Å²) < 4.78 is 16.8. The quantitative estimate of drug-likeness (QED) is 0.157. The largest absolute Gasteiger partial charge is 0.493 e. The van der Waals surface area contributed by atoms with Crippen molar-refractivity contribution < 1.29 is 23.8 Å². The average Bonchev–Trinajstić information content (AvgIpc) is 3.20. The molecule has 0 atom stereocenters. The van der Waals surface area contributed by atoms with Crippen LogP contribution in [0.25, 0.3) is 10.1 Å². The minimum Gasteiger partial charge on any atom is -0.493 e. The fourth-order valence-corrected chi connectivity index (χ4v) is 4.55. The minimum atomic E-state index is -0.540. The zero-order valence-electron chi connectivity index (χ0n) is 18.2. The van der Waals surface area contributed by atoms with E-state index in [0.717, 1.165) is 10.1 Å². The smallest absolute Gasteiger partial charge is 0.355 e. The van der Waals surface area contributed by atoms with Gasteiger partial charge in [-0.25, -0.2) is 10.2 Å². The van der Waals surface area contributed by atoms with E-state index >= 15 is 0 Å². The first-order chi connectivity index (χ1) is 16.5. The molecule has 34 heavy (non-hydrogen) atoms. The highest BCUT2D eigenvalue weighted by atomic mass is 35.5. The molecule has 0 aliphatic carbocycles. The molecule has 0 fully saturated rings. The number of hydrogen-bond acceptors (Lipinski definition) is 7. The summed E-state index contributed by atoms with van der Waals surface area (Å²) in [5.41, 5.74) is 3.44. The van der Waals surface area contributed by atoms with Gasteiger partial charge in [0.2, 0.25) is 0 Å². The number of nitrogens with zero attached hydrogens (tertiary/aromatic N) is 1. The first kappa shape index (κ1) is 23.3. The van der Waals surface area contributed by atoms with Gasteiger partial charge in [-0.1, -0.05) is 41.9 Å². The number of ether oxygens (including phenoxy) is 3. The van der Waals surface area contributed by atoms with Crippen LogP contribution in [0.2, 0.25) is 5.02 Å². The normalized spacial score (nSPS) is 10.9. The first-order valence-corrected chi connectivity index (χ1v) is 11.2. The van der Waals surface area contributed by atoms with Crippen LogP contribution in [-0.2, 0) is 0 Å². The Balaban J connectivity index is 1.42. The summed E-state index contributed by atoms with van der Waals surface area (Å²) in [5.74, 6) is 0.327. The van der Waals surface area contributed by atoms with Crippen molar-refractivity contribution in [3.63, 3.8) is 0 Å². The highest BCUT2D eigenvalue weighted by molar-refractivity contribution is 7.21. The van der Waals surface area contributed by atoms with E-state index in [4.69, 9.17) is 25.8 Å². The van der Waals surface area contributed by atoms with E-state index < -0.39 is 11.9 Å². The average molecular weight is 495 g/mol. The van der Waals surface area contributed by atoms with E-state index in [2.05, 4.69) is 10.5 Å². The second kappa shape index (κ2) is 10.4. The summed E-state index contributed by atoms with van der Waals surface area (Å²) in [4.78, 5) is 25.4. The summed E-state index contributed by atoms with van der Waals surface area (Å²) in [5, 5.41) is 5.17. The van der Waals surface area contributed by atoms with E-state index in [-0.39, 0.29) is 0 Å². The van der Waals surface area contributed by atoms with Crippen LogP contribution in [-0.4, -0.2) is 32.3 Å². The van der Waals surface area contributed by atoms with Crippen molar-refractivity contribution in [3.05, 3.63) is 87.8 Å². The molecule has 0 saturated carbocycles. The first-order valence-electron chi connectivity index (χ1n) is 10.0. The molecule has 1 amide bonds. The molecule has 1 heterocycles. The number of nitrogens with one attached hydrogen (secondary N) is 1. The monoisotopic (exact) mass is 494 g/mol. The molecule has 172 valence electrons. The van der Waals surface area contributed by atoms with Gasteiger partial charge >= 0.3 is 5.97 Å². The zero-order valence-corrected chi connectivity index (χ0v) is 19.8. The van der Waals surface area contributed by atoms with Crippen molar-refractivity contribution >= 4 is 51.1 Å². The van der Waals surface area contributed by atoms with Gasteiger partial charge in [0, 0.05) is 15.6 Å². The van der Waals surface area contributed by atoms with Crippen molar-refractivity contribution in [1.29, 1.82) is 0 Å². The molecule has 0 radical (unpaired) electrons. The van der Waals surface area contributed by atoms with Gasteiger partial charge in [0.25, 0.3) is 5.91 Å². The molecule has 3 aromatic carbocycles. The second-order valence-electron chi connectivity index (χ2n) is 6.97. The highest BCUT2D eigenvalue weighted by Crippen LogP contribution is 2.35.